The number of benzene rings is 1. The number of anilines is 3. The quantitative estimate of drug-likeness (QED) is 0.479. The summed E-state index contributed by atoms with van der Waals surface area (Å²) < 4.78 is 5.56. The van der Waals surface area contributed by atoms with E-state index in [1.54, 1.807) is 12.4 Å². The number of carbonyl (C=O) groups is 1. The van der Waals surface area contributed by atoms with Crippen LogP contribution in [0.25, 0.3) is 11.3 Å². The maximum atomic E-state index is 13.0. The summed E-state index contributed by atoms with van der Waals surface area (Å²) in [5, 5.41) is 3.07. The lowest BCUT2D eigenvalue weighted by Gasteiger charge is -2.28. The minimum atomic E-state index is -0.0634. The number of pyridine rings is 1. The summed E-state index contributed by atoms with van der Waals surface area (Å²) in [6.07, 6.45) is 4.44. The lowest BCUT2D eigenvalue weighted by Crippen LogP contribution is -2.37. The van der Waals surface area contributed by atoms with Crippen LogP contribution >= 0.6 is 0 Å². The predicted octanol–water partition coefficient (Wildman–Crippen LogP) is 3.14. The van der Waals surface area contributed by atoms with Gasteiger partial charge in [0.05, 0.1) is 18.9 Å². The lowest BCUT2D eigenvalue weighted by molar-refractivity contribution is 0.0949. The highest BCUT2D eigenvalue weighted by molar-refractivity contribution is 5.95. The number of morpholine rings is 1. The molecular formula is C28H35N7O2. The Labute approximate surface area is 218 Å². The molecule has 0 bridgehead atoms. The van der Waals surface area contributed by atoms with Crippen molar-refractivity contribution < 1.29 is 9.53 Å². The van der Waals surface area contributed by atoms with Gasteiger partial charge in [-0.3, -0.25) is 9.78 Å². The Morgan fingerprint density at radius 1 is 1.05 bits per heavy atom. The number of ether oxygens (including phenoxy) is 1. The van der Waals surface area contributed by atoms with Crippen LogP contribution in [0.5, 0.6) is 0 Å². The molecule has 9 heteroatoms. The van der Waals surface area contributed by atoms with Gasteiger partial charge in [0, 0.05) is 67.5 Å². The highest BCUT2D eigenvalue weighted by Gasteiger charge is 2.29. The molecule has 2 aromatic heterocycles. The monoisotopic (exact) mass is 501 g/mol. The summed E-state index contributed by atoms with van der Waals surface area (Å²) in [7, 11) is 0. The van der Waals surface area contributed by atoms with Crippen molar-refractivity contribution in [3.05, 3.63) is 59.9 Å². The normalized spacial score (nSPS) is 15.2. The number of nitrogens with one attached hydrogen (secondary N) is 1. The van der Waals surface area contributed by atoms with Gasteiger partial charge >= 0.3 is 0 Å². The Balaban J connectivity index is 1.47. The molecule has 0 saturated carbocycles. The van der Waals surface area contributed by atoms with Crippen molar-refractivity contribution in [2.24, 2.45) is 0 Å². The fourth-order valence-electron chi connectivity index (χ4n) is 4.94. The van der Waals surface area contributed by atoms with E-state index in [9.17, 15) is 4.79 Å². The molecule has 3 aromatic rings. The summed E-state index contributed by atoms with van der Waals surface area (Å²) in [5.41, 5.74) is 4.63. The van der Waals surface area contributed by atoms with Crippen LogP contribution in [0.4, 0.5) is 17.5 Å². The van der Waals surface area contributed by atoms with E-state index in [0.29, 0.717) is 31.3 Å². The standard InChI is InChI=1S/C28H35N7O2/c1-3-33(4-2)15-13-30-27(36)22-7-5-6-21(20-22)25-24-10-14-35(23-8-11-29-12-9-23)26(24)32-28(31-25)34-16-18-37-19-17-34/h5-9,11-12,20H,3-4,10,13-19H2,1-2H3,(H,30,36). The number of hydrogen-bond donors (Lipinski definition) is 1. The third-order valence-electron chi connectivity index (χ3n) is 7.09. The molecule has 1 amide bonds. The molecule has 0 aliphatic carbocycles. The van der Waals surface area contributed by atoms with Crippen molar-refractivity contribution in [1.29, 1.82) is 0 Å². The zero-order valence-corrected chi connectivity index (χ0v) is 21.7. The van der Waals surface area contributed by atoms with Crippen LogP contribution in [0.2, 0.25) is 0 Å². The second kappa shape index (κ2) is 11.7. The van der Waals surface area contributed by atoms with Gasteiger partial charge in [0.2, 0.25) is 5.95 Å². The second-order valence-corrected chi connectivity index (χ2v) is 9.24. The second-order valence-electron chi connectivity index (χ2n) is 9.24. The van der Waals surface area contributed by atoms with Crippen LogP contribution in [0.1, 0.15) is 29.8 Å². The molecule has 5 rings (SSSR count). The fourth-order valence-corrected chi connectivity index (χ4v) is 4.94. The van der Waals surface area contributed by atoms with Crippen molar-refractivity contribution in [3.63, 3.8) is 0 Å². The van der Waals surface area contributed by atoms with Gasteiger partial charge in [0.25, 0.3) is 5.91 Å². The molecular weight excluding hydrogens is 466 g/mol. The average molecular weight is 502 g/mol. The molecule has 2 aliphatic rings. The van der Waals surface area contributed by atoms with Gasteiger partial charge < -0.3 is 24.8 Å². The van der Waals surface area contributed by atoms with Gasteiger partial charge in [-0.1, -0.05) is 26.0 Å². The summed E-state index contributed by atoms with van der Waals surface area (Å²) in [6, 6.07) is 11.8. The Hall–Kier alpha value is -3.56. The van der Waals surface area contributed by atoms with E-state index in [4.69, 9.17) is 14.7 Å². The van der Waals surface area contributed by atoms with E-state index in [-0.39, 0.29) is 5.91 Å². The molecule has 1 saturated heterocycles. The highest BCUT2D eigenvalue weighted by Crippen LogP contribution is 2.39. The van der Waals surface area contributed by atoms with Crippen molar-refractivity contribution >= 4 is 23.4 Å². The third kappa shape index (κ3) is 5.57. The third-order valence-corrected chi connectivity index (χ3v) is 7.09. The van der Waals surface area contributed by atoms with Crippen LogP contribution in [0.15, 0.2) is 48.8 Å². The largest absolute Gasteiger partial charge is 0.378 e. The molecule has 4 heterocycles. The van der Waals surface area contributed by atoms with Crippen molar-refractivity contribution in [2.75, 3.05) is 68.8 Å². The van der Waals surface area contributed by atoms with Crippen molar-refractivity contribution in [1.82, 2.24) is 25.2 Å². The molecule has 1 aromatic carbocycles. The smallest absolute Gasteiger partial charge is 0.251 e. The minimum Gasteiger partial charge on any atom is -0.378 e. The van der Waals surface area contributed by atoms with Gasteiger partial charge in [0.15, 0.2) is 0 Å². The first-order valence-electron chi connectivity index (χ1n) is 13.2. The minimum absolute atomic E-state index is 0.0634. The Morgan fingerprint density at radius 2 is 1.84 bits per heavy atom. The molecule has 9 nitrogen and oxygen atoms in total. The average Bonchev–Trinajstić information content (AvgIpc) is 3.40. The molecule has 2 aliphatic heterocycles. The molecule has 1 N–H and O–H groups in total. The lowest BCUT2D eigenvalue weighted by atomic mass is 10.0. The Morgan fingerprint density at radius 3 is 2.59 bits per heavy atom. The maximum absolute atomic E-state index is 13.0. The summed E-state index contributed by atoms with van der Waals surface area (Å²) in [4.78, 5) is 33.9. The van der Waals surface area contributed by atoms with Crippen LogP contribution in [0, 0.1) is 0 Å². The van der Waals surface area contributed by atoms with Crippen molar-refractivity contribution in [3.8, 4) is 11.3 Å². The first-order valence-corrected chi connectivity index (χ1v) is 13.2. The van der Waals surface area contributed by atoms with Gasteiger partial charge in [-0.05, 0) is 43.8 Å². The maximum Gasteiger partial charge on any atom is 0.251 e. The van der Waals surface area contributed by atoms with E-state index >= 15 is 0 Å². The molecule has 0 spiro atoms. The highest BCUT2D eigenvalue weighted by atomic mass is 16.5. The van der Waals surface area contributed by atoms with E-state index in [0.717, 1.165) is 74.0 Å². The number of fused-ring (bicyclic) bond motifs is 1. The van der Waals surface area contributed by atoms with E-state index in [2.05, 4.69) is 38.8 Å². The number of carbonyl (C=O) groups excluding carboxylic acids is 1. The van der Waals surface area contributed by atoms with E-state index in [1.165, 1.54) is 0 Å². The zero-order chi connectivity index (χ0) is 25.6. The van der Waals surface area contributed by atoms with Crippen molar-refractivity contribution in [2.45, 2.75) is 20.3 Å². The molecule has 0 radical (unpaired) electrons. The molecule has 0 atom stereocenters. The molecule has 37 heavy (non-hydrogen) atoms. The molecule has 1 fully saturated rings. The number of amides is 1. The summed E-state index contributed by atoms with van der Waals surface area (Å²) in [6.45, 7) is 11.3. The molecule has 0 unspecified atom stereocenters. The topological polar surface area (TPSA) is 86.7 Å². The number of nitrogens with zero attached hydrogens (tertiary/aromatic N) is 6. The first-order chi connectivity index (χ1) is 18.2. The Bertz CT molecular complexity index is 1210. The first kappa shape index (κ1) is 25.1. The number of likely N-dealkylation sites (N-methyl/N-ethyl adjacent to an activating group) is 1. The van der Waals surface area contributed by atoms with Gasteiger partial charge in [-0.2, -0.15) is 4.98 Å². The number of rotatable bonds is 9. The SMILES string of the molecule is CCN(CC)CCNC(=O)c1cccc(-c2nc(N3CCOCC3)nc3c2CCN3c2ccncc2)c1. The van der Waals surface area contributed by atoms with Gasteiger partial charge in [-0.15, -0.1) is 0 Å². The predicted molar refractivity (Wildman–Crippen MR) is 146 cm³/mol. The van der Waals surface area contributed by atoms with Crippen LogP contribution in [-0.2, 0) is 11.2 Å². The van der Waals surface area contributed by atoms with Crippen LogP contribution < -0.4 is 15.1 Å². The number of aromatic nitrogens is 3. The van der Waals surface area contributed by atoms with E-state index < -0.39 is 0 Å². The zero-order valence-electron chi connectivity index (χ0n) is 21.7. The summed E-state index contributed by atoms with van der Waals surface area (Å²) >= 11 is 0. The Kier molecular flexibility index (Phi) is 7.91. The van der Waals surface area contributed by atoms with Gasteiger partial charge in [-0.25, -0.2) is 4.98 Å². The number of hydrogen-bond acceptors (Lipinski definition) is 8. The van der Waals surface area contributed by atoms with Crippen LogP contribution in [-0.4, -0.2) is 84.8 Å². The van der Waals surface area contributed by atoms with Crippen LogP contribution in [0.3, 0.4) is 0 Å². The molecule has 194 valence electrons. The van der Waals surface area contributed by atoms with E-state index in [1.807, 2.05) is 36.4 Å². The van der Waals surface area contributed by atoms with Gasteiger partial charge in [0.1, 0.15) is 5.82 Å². The fraction of sp³-hybridized carbons (Fsp3) is 0.429. The summed E-state index contributed by atoms with van der Waals surface area (Å²) in [5.74, 6) is 1.56.